The van der Waals surface area contributed by atoms with E-state index in [1.807, 2.05) is 6.07 Å². The molecule has 1 aromatic carbocycles. The molecule has 0 spiro atoms. The van der Waals surface area contributed by atoms with Gasteiger partial charge in [0.1, 0.15) is 5.82 Å². The SMILES string of the molecule is Cc1cc(Br)cc([C@H]2CCN2)c1F. The van der Waals surface area contributed by atoms with Crippen LogP contribution in [0.1, 0.15) is 23.6 Å². The van der Waals surface area contributed by atoms with Crippen LogP contribution in [0.15, 0.2) is 16.6 Å². The van der Waals surface area contributed by atoms with Gasteiger partial charge in [-0.25, -0.2) is 4.39 Å². The summed E-state index contributed by atoms with van der Waals surface area (Å²) < 4.78 is 14.5. The first-order valence-corrected chi connectivity index (χ1v) is 5.16. The number of rotatable bonds is 1. The van der Waals surface area contributed by atoms with Gasteiger partial charge in [-0.2, -0.15) is 0 Å². The van der Waals surface area contributed by atoms with Crippen LogP contribution in [0.4, 0.5) is 4.39 Å². The Morgan fingerprint density at radius 1 is 1.54 bits per heavy atom. The van der Waals surface area contributed by atoms with Gasteiger partial charge in [0.25, 0.3) is 0 Å². The van der Waals surface area contributed by atoms with Gasteiger partial charge in [-0.15, -0.1) is 0 Å². The lowest BCUT2D eigenvalue weighted by molar-refractivity contribution is 0.369. The Bertz CT molecular complexity index is 334. The van der Waals surface area contributed by atoms with E-state index in [-0.39, 0.29) is 11.9 Å². The molecule has 0 unspecified atom stereocenters. The van der Waals surface area contributed by atoms with Gasteiger partial charge in [0.15, 0.2) is 0 Å². The highest BCUT2D eigenvalue weighted by molar-refractivity contribution is 9.10. The zero-order valence-electron chi connectivity index (χ0n) is 7.40. The molecular formula is C10H11BrFN. The van der Waals surface area contributed by atoms with Crippen molar-refractivity contribution in [1.29, 1.82) is 0 Å². The summed E-state index contributed by atoms with van der Waals surface area (Å²) in [5.74, 6) is -0.0691. The average molecular weight is 244 g/mol. The molecule has 1 fully saturated rings. The van der Waals surface area contributed by atoms with Crippen molar-refractivity contribution >= 4 is 15.9 Å². The molecule has 13 heavy (non-hydrogen) atoms. The van der Waals surface area contributed by atoms with Crippen LogP contribution < -0.4 is 5.32 Å². The van der Waals surface area contributed by atoms with Gasteiger partial charge in [0.2, 0.25) is 0 Å². The molecule has 1 saturated heterocycles. The molecule has 0 saturated carbocycles. The second-order valence-corrected chi connectivity index (χ2v) is 4.34. The molecule has 0 radical (unpaired) electrons. The van der Waals surface area contributed by atoms with Crippen molar-refractivity contribution in [2.45, 2.75) is 19.4 Å². The summed E-state index contributed by atoms with van der Waals surface area (Å²) in [5.41, 5.74) is 1.50. The second-order valence-electron chi connectivity index (χ2n) is 3.42. The standard InChI is InChI=1S/C10H11BrFN/c1-6-4-7(11)5-8(10(6)12)9-2-3-13-9/h4-5,9,13H,2-3H2,1H3/t9-/m1/s1. The van der Waals surface area contributed by atoms with Crippen molar-refractivity contribution in [3.8, 4) is 0 Å². The van der Waals surface area contributed by atoms with E-state index in [4.69, 9.17) is 0 Å². The summed E-state index contributed by atoms with van der Waals surface area (Å²) in [5, 5.41) is 3.20. The molecule has 1 aliphatic rings. The minimum absolute atomic E-state index is 0.0691. The van der Waals surface area contributed by atoms with Crippen molar-refractivity contribution in [3.63, 3.8) is 0 Å². The maximum absolute atomic E-state index is 13.6. The fraction of sp³-hybridized carbons (Fsp3) is 0.400. The van der Waals surface area contributed by atoms with E-state index < -0.39 is 0 Å². The summed E-state index contributed by atoms with van der Waals surface area (Å²) in [4.78, 5) is 0. The normalized spacial score (nSPS) is 21.3. The molecule has 2 rings (SSSR count). The molecule has 1 N–H and O–H groups in total. The van der Waals surface area contributed by atoms with Crippen LogP contribution >= 0.6 is 15.9 Å². The number of aryl methyl sites for hydroxylation is 1. The van der Waals surface area contributed by atoms with Gasteiger partial charge in [-0.05, 0) is 37.6 Å². The lowest BCUT2D eigenvalue weighted by Gasteiger charge is -2.28. The molecule has 1 heterocycles. The molecule has 3 heteroatoms. The van der Waals surface area contributed by atoms with Crippen molar-refractivity contribution in [2.75, 3.05) is 6.54 Å². The first kappa shape index (κ1) is 9.16. The van der Waals surface area contributed by atoms with Crippen LogP contribution in [0.3, 0.4) is 0 Å². The third-order valence-corrected chi connectivity index (χ3v) is 2.90. The van der Waals surface area contributed by atoms with Crippen molar-refractivity contribution in [3.05, 3.63) is 33.5 Å². The van der Waals surface area contributed by atoms with Gasteiger partial charge in [0.05, 0.1) is 0 Å². The van der Waals surface area contributed by atoms with Gasteiger partial charge < -0.3 is 5.32 Å². The fourth-order valence-electron chi connectivity index (χ4n) is 1.56. The minimum Gasteiger partial charge on any atom is -0.310 e. The number of halogens is 2. The second kappa shape index (κ2) is 3.39. The van der Waals surface area contributed by atoms with E-state index in [0.29, 0.717) is 5.56 Å². The summed E-state index contributed by atoms with van der Waals surface area (Å²) in [6, 6.07) is 3.88. The van der Waals surface area contributed by atoms with E-state index in [1.54, 1.807) is 13.0 Å². The van der Waals surface area contributed by atoms with Crippen LogP contribution in [0.2, 0.25) is 0 Å². The average Bonchev–Trinajstić information content (AvgIpc) is 1.95. The topological polar surface area (TPSA) is 12.0 Å². The lowest BCUT2D eigenvalue weighted by Crippen LogP contribution is -2.35. The van der Waals surface area contributed by atoms with Crippen molar-refractivity contribution in [2.24, 2.45) is 0 Å². The van der Waals surface area contributed by atoms with E-state index in [0.717, 1.165) is 23.0 Å². The maximum atomic E-state index is 13.6. The Balaban J connectivity index is 2.42. The first-order valence-electron chi connectivity index (χ1n) is 4.37. The van der Waals surface area contributed by atoms with Gasteiger partial charge in [-0.3, -0.25) is 0 Å². The van der Waals surface area contributed by atoms with Crippen LogP contribution in [-0.2, 0) is 0 Å². The van der Waals surface area contributed by atoms with Crippen LogP contribution in [0.25, 0.3) is 0 Å². The molecule has 0 bridgehead atoms. The summed E-state index contributed by atoms with van der Waals surface area (Å²) >= 11 is 3.37. The summed E-state index contributed by atoms with van der Waals surface area (Å²) in [7, 11) is 0. The van der Waals surface area contributed by atoms with Crippen LogP contribution in [0, 0.1) is 12.7 Å². The highest BCUT2D eigenvalue weighted by Crippen LogP contribution is 2.29. The van der Waals surface area contributed by atoms with Crippen molar-refractivity contribution < 1.29 is 4.39 Å². The van der Waals surface area contributed by atoms with E-state index in [2.05, 4.69) is 21.2 Å². The van der Waals surface area contributed by atoms with E-state index in [9.17, 15) is 4.39 Å². The summed E-state index contributed by atoms with van der Waals surface area (Å²) in [6.07, 6.45) is 1.03. The predicted molar refractivity (Wildman–Crippen MR) is 54.2 cm³/mol. The number of hydrogen-bond donors (Lipinski definition) is 1. The lowest BCUT2D eigenvalue weighted by atomic mass is 9.96. The zero-order chi connectivity index (χ0) is 9.42. The molecule has 1 aromatic rings. The maximum Gasteiger partial charge on any atom is 0.130 e. The van der Waals surface area contributed by atoms with Crippen LogP contribution in [0.5, 0.6) is 0 Å². The van der Waals surface area contributed by atoms with E-state index >= 15 is 0 Å². The molecule has 1 atom stereocenters. The zero-order valence-corrected chi connectivity index (χ0v) is 8.99. The molecule has 70 valence electrons. The summed E-state index contributed by atoms with van der Waals surface area (Å²) in [6.45, 7) is 2.79. The molecule has 0 aromatic heterocycles. The Hall–Kier alpha value is -0.410. The Morgan fingerprint density at radius 2 is 2.23 bits per heavy atom. The third kappa shape index (κ3) is 1.63. The smallest absolute Gasteiger partial charge is 0.130 e. The minimum atomic E-state index is -0.0691. The van der Waals surface area contributed by atoms with Gasteiger partial charge >= 0.3 is 0 Å². The first-order chi connectivity index (χ1) is 6.18. The Morgan fingerprint density at radius 3 is 2.77 bits per heavy atom. The highest BCUT2D eigenvalue weighted by Gasteiger charge is 2.22. The van der Waals surface area contributed by atoms with Crippen molar-refractivity contribution in [1.82, 2.24) is 5.32 Å². The quantitative estimate of drug-likeness (QED) is 0.800. The molecule has 1 aliphatic heterocycles. The molecule has 1 nitrogen and oxygen atoms in total. The molecule has 0 aliphatic carbocycles. The largest absolute Gasteiger partial charge is 0.310 e. The molecular weight excluding hydrogens is 233 g/mol. The predicted octanol–water partition coefficient (Wildman–Crippen LogP) is 2.93. The van der Waals surface area contributed by atoms with E-state index in [1.165, 1.54) is 0 Å². The number of hydrogen-bond acceptors (Lipinski definition) is 1. The molecule has 0 amide bonds. The monoisotopic (exact) mass is 243 g/mol. The fourth-order valence-corrected chi connectivity index (χ4v) is 2.15. The van der Waals surface area contributed by atoms with Gasteiger partial charge in [-0.1, -0.05) is 15.9 Å². The van der Waals surface area contributed by atoms with Crippen LogP contribution in [-0.4, -0.2) is 6.54 Å². The number of benzene rings is 1. The highest BCUT2D eigenvalue weighted by atomic mass is 79.9. The third-order valence-electron chi connectivity index (χ3n) is 2.45. The Labute approximate surface area is 85.5 Å². The number of nitrogens with one attached hydrogen (secondary N) is 1. The van der Waals surface area contributed by atoms with Gasteiger partial charge in [0, 0.05) is 16.1 Å². The Kier molecular flexibility index (Phi) is 2.39.